The molecule has 0 aromatic heterocycles. The van der Waals surface area contributed by atoms with E-state index < -0.39 is 5.97 Å². The Morgan fingerprint density at radius 1 is 1.47 bits per heavy atom. The summed E-state index contributed by atoms with van der Waals surface area (Å²) in [5.41, 5.74) is 1.95. The van der Waals surface area contributed by atoms with Crippen LogP contribution in [0.15, 0.2) is 18.2 Å². The van der Waals surface area contributed by atoms with Crippen molar-refractivity contribution < 1.29 is 9.90 Å². The number of hydrogen-bond donors (Lipinski definition) is 3. The Morgan fingerprint density at radius 2 is 2.18 bits per heavy atom. The molecule has 0 saturated carbocycles. The van der Waals surface area contributed by atoms with Crippen LogP contribution in [-0.2, 0) is 0 Å². The molecular weight excluding hydrogens is 236 g/mol. The fourth-order valence-electron chi connectivity index (χ4n) is 1.34. The van der Waals surface area contributed by atoms with Gasteiger partial charge in [0, 0.05) is 12.2 Å². The highest BCUT2D eigenvalue weighted by molar-refractivity contribution is 7.80. The van der Waals surface area contributed by atoms with E-state index in [1.54, 1.807) is 18.2 Å². The highest BCUT2D eigenvalue weighted by Gasteiger charge is 2.06. The van der Waals surface area contributed by atoms with Crippen molar-refractivity contribution in [3.63, 3.8) is 0 Å². The molecule has 1 rings (SSSR count). The Labute approximate surface area is 106 Å². The first-order chi connectivity index (χ1) is 8.04. The molecule has 0 saturated heterocycles. The minimum absolute atomic E-state index is 0.278. The number of rotatable bonds is 4. The Bertz CT molecular complexity index is 433. The second-order valence-corrected chi connectivity index (χ2v) is 4.12. The Hall–Kier alpha value is -1.62. The van der Waals surface area contributed by atoms with Crippen LogP contribution in [0, 0.1) is 6.92 Å². The summed E-state index contributed by atoms with van der Waals surface area (Å²) >= 11 is 5.11. The Balaban J connectivity index is 2.72. The average molecular weight is 252 g/mol. The van der Waals surface area contributed by atoms with Gasteiger partial charge in [0.15, 0.2) is 5.11 Å². The Kier molecular flexibility index (Phi) is 4.90. The highest BCUT2D eigenvalue weighted by atomic mass is 32.1. The van der Waals surface area contributed by atoms with Crippen molar-refractivity contribution >= 4 is 29.0 Å². The van der Waals surface area contributed by atoms with E-state index in [2.05, 4.69) is 17.6 Å². The van der Waals surface area contributed by atoms with E-state index in [1.807, 2.05) is 6.92 Å². The third kappa shape index (κ3) is 4.03. The van der Waals surface area contributed by atoms with Crippen molar-refractivity contribution in [2.75, 3.05) is 11.9 Å². The van der Waals surface area contributed by atoms with Crippen molar-refractivity contribution in [1.29, 1.82) is 0 Å². The van der Waals surface area contributed by atoms with Gasteiger partial charge in [0.2, 0.25) is 0 Å². The number of aryl methyl sites for hydroxylation is 1. The predicted molar refractivity (Wildman–Crippen MR) is 72.7 cm³/mol. The van der Waals surface area contributed by atoms with Gasteiger partial charge in [-0.25, -0.2) is 4.79 Å². The fraction of sp³-hybridized carbons (Fsp3) is 0.333. The van der Waals surface area contributed by atoms with Crippen LogP contribution in [0.1, 0.15) is 29.3 Å². The number of carbonyl (C=O) groups is 1. The topological polar surface area (TPSA) is 61.4 Å². The molecule has 0 aliphatic carbocycles. The van der Waals surface area contributed by atoms with Crippen molar-refractivity contribution in [3.05, 3.63) is 29.3 Å². The van der Waals surface area contributed by atoms with Gasteiger partial charge < -0.3 is 15.7 Å². The van der Waals surface area contributed by atoms with Crippen LogP contribution in [0.5, 0.6) is 0 Å². The summed E-state index contributed by atoms with van der Waals surface area (Å²) < 4.78 is 0. The second-order valence-electron chi connectivity index (χ2n) is 3.72. The molecule has 0 fully saturated rings. The van der Waals surface area contributed by atoms with E-state index in [-0.39, 0.29) is 5.56 Å². The van der Waals surface area contributed by atoms with Gasteiger partial charge in [0.1, 0.15) is 0 Å². The summed E-state index contributed by atoms with van der Waals surface area (Å²) in [6.45, 7) is 4.72. The lowest BCUT2D eigenvalue weighted by Crippen LogP contribution is -2.29. The lowest BCUT2D eigenvalue weighted by atomic mass is 10.1. The van der Waals surface area contributed by atoms with E-state index in [0.717, 1.165) is 24.2 Å². The van der Waals surface area contributed by atoms with Gasteiger partial charge in [-0.3, -0.25) is 0 Å². The molecule has 17 heavy (non-hydrogen) atoms. The van der Waals surface area contributed by atoms with Crippen LogP contribution in [-0.4, -0.2) is 22.7 Å². The smallest absolute Gasteiger partial charge is 0.335 e. The molecular formula is C12H16N2O2S. The largest absolute Gasteiger partial charge is 0.478 e. The van der Waals surface area contributed by atoms with Gasteiger partial charge in [-0.05, 0) is 49.3 Å². The first-order valence-electron chi connectivity index (χ1n) is 5.43. The lowest BCUT2D eigenvalue weighted by Gasteiger charge is -2.12. The SMILES string of the molecule is CCCNC(=S)Nc1ccc(C(=O)O)cc1C. The van der Waals surface area contributed by atoms with Gasteiger partial charge in [-0.1, -0.05) is 6.92 Å². The second kappa shape index (κ2) is 6.20. The first-order valence-corrected chi connectivity index (χ1v) is 5.84. The number of anilines is 1. The molecule has 3 N–H and O–H groups in total. The number of carboxylic acids is 1. The molecule has 0 bridgehead atoms. The minimum atomic E-state index is -0.925. The van der Waals surface area contributed by atoms with Crippen LogP contribution in [0.25, 0.3) is 0 Å². The quantitative estimate of drug-likeness (QED) is 0.718. The third-order valence-electron chi connectivity index (χ3n) is 2.26. The minimum Gasteiger partial charge on any atom is -0.478 e. The van der Waals surface area contributed by atoms with Gasteiger partial charge in [0.25, 0.3) is 0 Å². The molecule has 92 valence electrons. The van der Waals surface area contributed by atoms with E-state index in [4.69, 9.17) is 17.3 Å². The van der Waals surface area contributed by atoms with E-state index in [9.17, 15) is 4.79 Å². The van der Waals surface area contributed by atoms with Crippen LogP contribution >= 0.6 is 12.2 Å². The molecule has 0 unspecified atom stereocenters. The molecule has 0 heterocycles. The number of thiocarbonyl (C=S) groups is 1. The molecule has 1 aromatic carbocycles. The molecule has 0 radical (unpaired) electrons. The molecule has 4 nitrogen and oxygen atoms in total. The maximum atomic E-state index is 10.8. The molecule has 5 heteroatoms. The van der Waals surface area contributed by atoms with Crippen molar-refractivity contribution in [2.24, 2.45) is 0 Å². The lowest BCUT2D eigenvalue weighted by molar-refractivity contribution is 0.0697. The van der Waals surface area contributed by atoms with Crippen molar-refractivity contribution in [3.8, 4) is 0 Å². The summed E-state index contributed by atoms with van der Waals surface area (Å²) in [5.74, 6) is -0.925. The predicted octanol–water partition coefficient (Wildman–Crippen LogP) is 2.39. The monoisotopic (exact) mass is 252 g/mol. The van der Waals surface area contributed by atoms with Gasteiger partial charge in [-0.15, -0.1) is 0 Å². The van der Waals surface area contributed by atoms with Crippen LogP contribution in [0.4, 0.5) is 5.69 Å². The van der Waals surface area contributed by atoms with E-state index >= 15 is 0 Å². The maximum Gasteiger partial charge on any atom is 0.335 e. The normalized spacial score (nSPS) is 9.76. The number of nitrogens with one attached hydrogen (secondary N) is 2. The van der Waals surface area contributed by atoms with Gasteiger partial charge in [0.05, 0.1) is 5.56 Å². The number of carboxylic acid groups (broad SMARTS) is 1. The summed E-state index contributed by atoms with van der Waals surface area (Å²) in [4.78, 5) is 10.8. The molecule has 0 amide bonds. The zero-order valence-corrected chi connectivity index (χ0v) is 10.7. The number of aromatic carboxylic acids is 1. The highest BCUT2D eigenvalue weighted by Crippen LogP contribution is 2.16. The van der Waals surface area contributed by atoms with Crippen LogP contribution < -0.4 is 10.6 Å². The number of benzene rings is 1. The summed E-state index contributed by atoms with van der Waals surface area (Å²) in [6, 6.07) is 4.89. The Morgan fingerprint density at radius 3 is 2.71 bits per heavy atom. The van der Waals surface area contributed by atoms with Gasteiger partial charge >= 0.3 is 5.97 Å². The number of hydrogen-bond acceptors (Lipinski definition) is 2. The standard InChI is InChI=1S/C12H16N2O2S/c1-3-6-13-12(17)14-10-5-4-9(11(15)16)7-8(10)2/h4-5,7H,3,6H2,1-2H3,(H,15,16)(H2,13,14,17). The van der Waals surface area contributed by atoms with Crippen molar-refractivity contribution in [2.45, 2.75) is 20.3 Å². The summed E-state index contributed by atoms with van der Waals surface area (Å²) in [5, 5.41) is 15.5. The van der Waals surface area contributed by atoms with Crippen LogP contribution in [0.3, 0.4) is 0 Å². The molecule has 0 atom stereocenters. The zero-order valence-electron chi connectivity index (χ0n) is 9.91. The maximum absolute atomic E-state index is 10.8. The first kappa shape index (κ1) is 13.4. The van der Waals surface area contributed by atoms with Crippen LogP contribution in [0.2, 0.25) is 0 Å². The molecule has 0 spiro atoms. The molecule has 1 aromatic rings. The molecule has 0 aliphatic heterocycles. The van der Waals surface area contributed by atoms with Crippen molar-refractivity contribution in [1.82, 2.24) is 5.32 Å². The van der Waals surface area contributed by atoms with Gasteiger partial charge in [-0.2, -0.15) is 0 Å². The summed E-state index contributed by atoms with van der Waals surface area (Å²) in [7, 11) is 0. The average Bonchev–Trinajstić information content (AvgIpc) is 2.28. The molecule has 0 aliphatic rings. The summed E-state index contributed by atoms with van der Waals surface area (Å²) in [6.07, 6.45) is 0.999. The zero-order chi connectivity index (χ0) is 12.8. The van der Waals surface area contributed by atoms with E-state index in [1.165, 1.54) is 0 Å². The fourth-order valence-corrected chi connectivity index (χ4v) is 1.55. The van der Waals surface area contributed by atoms with E-state index in [0.29, 0.717) is 5.11 Å². The third-order valence-corrected chi connectivity index (χ3v) is 2.50.